The van der Waals surface area contributed by atoms with E-state index >= 15 is 0 Å². The summed E-state index contributed by atoms with van der Waals surface area (Å²) < 4.78 is 14.0. The highest BCUT2D eigenvalue weighted by Crippen LogP contribution is 2.28. The number of anilines is 2. The van der Waals surface area contributed by atoms with Crippen LogP contribution in [0.15, 0.2) is 46.1 Å². The van der Waals surface area contributed by atoms with E-state index in [4.69, 9.17) is 0 Å². The second-order valence-electron chi connectivity index (χ2n) is 6.53. The summed E-state index contributed by atoms with van der Waals surface area (Å²) in [4.78, 5) is 18.2. The van der Waals surface area contributed by atoms with Gasteiger partial charge in [0.2, 0.25) is 11.0 Å². The van der Waals surface area contributed by atoms with E-state index in [0.717, 1.165) is 32.7 Å². The lowest BCUT2D eigenvalue weighted by molar-refractivity contribution is -0.130. The zero-order chi connectivity index (χ0) is 20.1. The third-order valence-corrected chi connectivity index (χ3v) is 7.30. The fraction of sp³-hybridized carbons (Fsp3) is 0.316. The van der Waals surface area contributed by atoms with Gasteiger partial charge in [0, 0.05) is 43.3 Å². The molecule has 0 unspecified atom stereocenters. The lowest BCUT2D eigenvalue weighted by Gasteiger charge is -2.34. The van der Waals surface area contributed by atoms with Crippen molar-refractivity contribution in [2.75, 3.05) is 37.2 Å². The summed E-state index contributed by atoms with van der Waals surface area (Å²) in [6.45, 7) is 4.27. The number of hydrogen-bond donors (Lipinski definition) is 1. The molecule has 10 heteroatoms. The predicted molar refractivity (Wildman–Crippen MR) is 116 cm³/mol. The molecular formula is C19H20FN5OS3. The first-order chi connectivity index (χ1) is 14.2. The smallest absolute Gasteiger partial charge is 0.233 e. The molecule has 1 aliphatic heterocycles. The minimum absolute atomic E-state index is 0.126. The summed E-state index contributed by atoms with van der Waals surface area (Å²) in [6, 6.07) is 10.4. The van der Waals surface area contributed by atoms with Crippen molar-refractivity contribution in [3.05, 3.63) is 52.5 Å². The molecule has 0 atom stereocenters. The number of benzene rings is 1. The standard InChI is InChI=1S/C19H20FN5OS3/c20-14-3-1-4-15(11-14)21-18-22-23-19(29-18)28-13-17(26)25-8-6-24(7-9-25)12-16-5-2-10-27-16/h1-5,10-11H,6-9,12-13H2,(H,21,22). The number of hydrogen-bond acceptors (Lipinski definition) is 8. The molecule has 4 rings (SSSR count). The van der Waals surface area contributed by atoms with E-state index in [-0.39, 0.29) is 11.7 Å². The fourth-order valence-electron chi connectivity index (χ4n) is 3.00. The SMILES string of the molecule is O=C(CSc1nnc(Nc2cccc(F)c2)s1)N1CCN(Cc2cccs2)CC1. The number of thiophene rings is 1. The minimum Gasteiger partial charge on any atom is -0.339 e. The highest BCUT2D eigenvalue weighted by Gasteiger charge is 2.21. The van der Waals surface area contributed by atoms with Gasteiger partial charge in [-0.2, -0.15) is 0 Å². The van der Waals surface area contributed by atoms with Crippen molar-refractivity contribution in [2.24, 2.45) is 0 Å². The summed E-state index contributed by atoms with van der Waals surface area (Å²) >= 11 is 4.51. The Bertz CT molecular complexity index is 941. The van der Waals surface area contributed by atoms with E-state index in [1.54, 1.807) is 23.5 Å². The van der Waals surface area contributed by atoms with Crippen molar-refractivity contribution in [2.45, 2.75) is 10.9 Å². The molecule has 2 aromatic heterocycles. The van der Waals surface area contributed by atoms with Gasteiger partial charge in [-0.3, -0.25) is 9.69 Å². The summed E-state index contributed by atoms with van der Waals surface area (Å²) in [5.41, 5.74) is 0.620. The van der Waals surface area contributed by atoms with E-state index in [1.165, 1.54) is 40.1 Å². The molecule has 1 fully saturated rings. The number of aromatic nitrogens is 2. The maximum Gasteiger partial charge on any atom is 0.233 e. The van der Waals surface area contributed by atoms with Crippen LogP contribution in [-0.4, -0.2) is 57.8 Å². The first kappa shape index (κ1) is 20.3. The van der Waals surface area contributed by atoms with Crippen molar-refractivity contribution in [3.8, 4) is 0 Å². The molecule has 29 heavy (non-hydrogen) atoms. The Hall–Kier alpha value is -2.01. The Morgan fingerprint density at radius 2 is 2.03 bits per heavy atom. The van der Waals surface area contributed by atoms with Crippen LogP contribution >= 0.6 is 34.4 Å². The van der Waals surface area contributed by atoms with Crippen LogP contribution in [0.2, 0.25) is 0 Å². The number of piperazine rings is 1. The van der Waals surface area contributed by atoms with Crippen molar-refractivity contribution >= 4 is 51.2 Å². The van der Waals surface area contributed by atoms with Crippen molar-refractivity contribution in [3.63, 3.8) is 0 Å². The predicted octanol–water partition coefficient (Wildman–Crippen LogP) is 3.92. The van der Waals surface area contributed by atoms with Gasteiger partial charge in [-0.05, 0) is 29.6 Å². The maximum absolute atomic E-state index is 13.3. The monoisotopic (exact) mass is 449 g/mol. The van der Waals surface area contributed by atoms with Gasteiger partial charge in [0.1, 0.15) is 5.82 Å². The summed E-state index contributed by atoms with van der Waals surface area (Å²) in [5.74, 6) is 0.162. The van der Waals surface area contributed by atoms with E-state index < -0.39 is 0 Å². The molecule has 1 amide bonds. The molecule has 1 aliphatic rings. The third kappa shape index (κ3) is 5.75. The molecule has 0 saturated carbocycles. The van der Waals surface area contributed by atoms with Crippen LogP contribution in [0.1, 0.15) is 4.88 Å². The first-order valence-corrected chi connectivity index (χ1v) is 11.9. The first-order valence-electron chi connectivity index (χ1n) is 9.17. The number of nitrogens with zero attached hydrogens (tertiary/aromatic N) is 4. The van der Waals surface area contributed by atoms with Gasteiger partial charge < -0.3 is 10.2 Å². The molecule has 1 N–H and O–H groups in total. The number of rotatable bonds is 7. The van der Waals surface area contributed by atoms with E-state index in [2.05, 4.69) is 37.9 Å². The van der Waals surface area contributed by atoms with Crippen LogP contribution in [0.5, 0.6) is 0 Å². The average molecular weight is 450 g/mol. The summed E-state index contributed by atoms with van der Waals surface area (Å²) in [7, 11) is 0. The zero-order valence-electron chi connectivity index (χ0n) is 15.6. The normalized spacial score (nSPS) is 14.9. The topological polar surface area (TPSA) is 61.4 Å². The average Bonchev–Trinajstić information content (AvgIpc) is 3.39. The summed E-state index contributed by atoms with van der Waals surface area (Å²) in [5, 5.41) is 13.9. The highest BCUT2D eigenvalue weighted by atomic mass is 32.2. The minimum atomic E-state index is -0.310. The summed E-state index contributed by atoms with van der Waals surface area (Å²) in [6.07, 6.45) is 0. The van der Waals surface area contributed by atoms with Gasteiger partial charge in [0.25, 0.3) is 0 Å². The Kier molecular flexibility index (Phi) is 6.75. The van der Waals surface area contributed by atoms with Crippen LogP contribution in [0.3, 0.4) is 0 Å². The number of nitrogens with one attached hydrogen (secondary N) is 1. The van der Waals surface area contributed by atoms with Crippen molar-refractivity contribution in [1.29, 1.82) is 0 Å². The van der Waals surface area contributed by atoms with Gasteiger partial charge >= 0.3 is 0 Å². The van der Waals surface area contributed by atoms with E-state index in [0.29, 0.717) is 20.9 Å². The molecule has 0 spiro atoms. The molecule has 3 heterocycles. The van der Waals surface area contributed by atoms with Crippen LogP contribution in [0, 0.1) is 5.82 Å². The van der Waals surface area contributed by atoms with Gasteiger partial charge in [0.05, 0.1) is 5.75 Å². The number of carbonyl (C=O) groups is 1. The molecule has 6 nitrogen and oxygen atoms in total. The fourth-order valence-corrected chi connectivity index (χ4v) is 5.42. The number of amides is 1. The Labute approximate surface area is 180 Å². The van der Waals surface area contributed by atoms with Crippen molar-refractivity contribution < 1.29 is 9.18 Å². The maximum atomic E-state index is 13.3. The molecular weight excluding hydrogens is 429 g/mol. The van der Waals surface area contributed by atoms with Crippen LogP contribution in [0.4, 0.5) is 15.2 Å². The van der Waals surface area contributed by atoms with Gasteiger partial charge in [-0.15, -0.1) is 21.5 Å². The number of thioether (sulfide) groups is 1. The van der Waals surface area contributed by atoms with Crippen LogP contribution in [-0.2, 0) is 11.3 Å². The lowest BCUT2D eigenvalue weighted by atomic mass is 10.3. The van der Waals surface area contributed by atoms with Crippen LogP contribution < -0.4 is 5.32 Å². The van der Waals surface area contributed by atoms with Gasteiger partial charge in [-0.25, -0.2) is 4.39 Å². The Morgan fingerprint density at radius 1 is 1.17 bits per heavy atom. The molecule has 3 aromatic rings. The van der Waals surface area contributed by atoms with Gasteiger partial charge in [-0.1, -0.05) is 35.2 Å². The highest BCUT2D eigenvalue weighted by molar-refractivity contribution is 8.01. The number of halogens is 1. The quantitative estimate of drug-likeness (QED) is 0.552. The third-order valence-electron chi connectivity index (χ3n) is 4.49. The molecule has 0 aliphatic carbocycles. The lowest BCUT2D eigenvalue weighted by Crippen LogP contribution is -2.48. The van der Waals surface area contributed by atoms with Crippen molar-refractivity contribution in [1.82, 2.24) is 20.0 Å². The Morgan fingerprint density at radius 3 is 2.79 bits per heavy atom. The molecule has 1 saturated heterocycles. The second-order valence-corrected chi connectivity index (χ2v) is 9.77. The van der Waals surface area contributed by atoms with E-state index in [1.807, 2.05) is 4.90 Å². The molecule has 0 radical (unpaired) electrons. The molecule has 1 aromatic carbocycles. The second kappa shape index (κ2) is 9.66. The molecule has 0 bridgehead atoms. The number of carbonyl (C=O) groups excluding carboxylic acids is 1. The largest absolute Gasteiger partial charge is 0.339 e. The van der Waals surface area contributed by atoms with Crippen LogP contribution in [0.25, 0.3) is 0 Å². The molecule has 152 valence electrons. The zero-order valence-corrected chi connectivity index (χ0v) is 18.0. The Balaban J connectivity index is 1.21. The van der Waals surface area contributed by atoms with Gasteiger partial charge in [0.15, 0.2) is 4.34 Å². The van der Waals surface area contributed by atoms with E-state index in [9.17, 15) is 9.18 Å².